The number of hydrogen-bond acceptors (Lipinski definition) is 4. The van der Waals surface area contributed by atoms with E-state index in [-0.39, 0.29) is 12.2 Å². The summed E-state index contributed by atoms with van der Waals surface area (Å²) in [6, 6.07) is 8.14. The first-order chi connectivity index (χ1) is 10.3. The van der Waals surface area contributed by atoms with Gasteiger partial charge < -0.3 is 9.47 Å². The lowest BCUT2D eigenvalue weighted by molar-refractivity contribution is 0.0216. The fourth-order valence-corrected chi connectivity index (χ4v) is 1.68. The first-order valence-corrected chi connectivity index (χ1v) is 7.74. The van der Waals surface area contributed by atoms with Crippen LogP contribution < -0.4 is 5.32 Å². The summed E-state index contributed by atoms with van der Waals surface area (Å²) in [7, 11) is 0. The van der Waals surface area contributed by atoms with E-state index in [1.807, 2.05) is 6.92 Å². The average Bonchev–Trinajstić information content (AvgIpc) is 2.46. The van der Waals surface area contributed by atoms with Gasteiger partial charge in [0.25, 0.3) is 0 Å². The number of unbranched alkanes of at least 4 members (excludes halogenated alkanes) is 1. The zero-order chi connectivity index (χ0) is 16.6. The quantitative estimate of drug-likeness (QED) is 0.356. The second-order valence-corrected chi connectivity index (χ2v) is 6.70. The Labute approximate surface area is 143 Å². The van der Waals surface area contributed by atoms with Crippen molar-refractivity contribution in [1.82, 2.24) is 5.32 Å². The zero-order valence-corrected chi connectivity index (χ0v) is 14.1. The Balaban J connectivity index is 2.66. The number of carbonyl (C=O) groups excluding carboxylic acids is 2. The molecule has 0 heterocycles. The van der Waals surface area contributed by atoms with Crippen LogP contribution in [0.4, 0.5) is 4.79 Å². The van der Waals surface area contributed by atoms with Crippen molar-refractivity contribution in [3.8, 4) is 0 Å². The molecule has 1 N–H and O–H groups in total. The van der Waals surface area contributed by atoms with Crippen LogP contribution in [0.25, 0.3) is 0 Å². The van der Waals surface area contributed by atoms with Gasteiger partial charge >= 0.3 is 12.1 Å². The van der Waals surface area contributed by atoms with Crippen molar-refractivity contribution in [2.45, 2.75) is 29.8 Å². The van der Waals surface area contributed by atoms with E-state index in [9.17, 15) is 9.59 Å². The minimum Gasteiger partial charge on any atom is -0.449 e. The second kappa shape index (κ2) is 9.08. The molecule has 22 heavy (non-hydrogen) atoms. The molecule has 0 aliphatic rings. The molecule has 0 aromatic heterocycles. The lowest BCUT2D eigenvalue weighted by Gasteiger charge is -2.24. The molecular formula is C14H16Cl3NO4. The molecule has 0 radical (unpaired) electrons. The summed E-state index contributed by atoms with van der Waals surface area (Å²) >= 11 is 17.2. The topological polar surface area (TPSA) is 64.6 Å². The van der Waals surface area contributed by atoms with Crippen LogP contribution in [-0.2, 0) is 9.47 Å². The summed E-state index contributed by atoms with van der Waals surface area (Å²) in [5.74, 6) is -0.731. The summed E-state index contributed by atoms with van der Waals surface area (Å²) in [6.07, 6.45) is -0.732. The largest absolute Gasteiger partial charge is 0.449 e. The third kappa shape index (κ3) is 6.73. The van der Waals surface area contributed by atoms with Crippen molar-refractivity contribution in [1.29, 1.82) is 0 Å². The smallest absolute Gasteiger partial charge is 0.410 e. The van der Waals surface area contributed by atoms with Crippen LogP contribution >= 0.6 is 34.8 Å². The number of ether oxygens (including phenoxy) is 2. The highest BCUT2D eigenvalue weighted by Gasteiger charge is 2.38. The fourth-order valence-electron chi connectivity index (χ4n) is 1.39. The molecule has 1 amide bonds. The zero-order valence-electron chi connectivity index (χ0n) is 11.9. The standard InChI is InChI=1S/C14H16Cl3NO4/c1-2-3-9-21-13(20)18-12(14(15,16)17)22-11(19)10-7-5-4-6-8-10/h4-8,12H,2-3,9H2,1H3,(H,18,20). The summed E-state index contributed by atoms with van der Waals surface area (Å²) in [5.41, 5.74) is 0.267. The molecule has 122 valence electrons. The Morgan fingerprint density at radius 1 is 1.23 bits per heavy atom. The van der Waals surface area contributed by atoms with Gasteiger partial charge in [0.15, 0.2) is 0 Å². The number of rotatable bonds is 6. The van der Waals surface area contributed by atoms with Crippen LogP contribution in [0.2, 0.25) is 0 Å². The van der Waals surface area contributed by atoms with Crippen LogP contribution in [0.5, 0.6) is 0 Å². The van der Waals surface area contributed by atoms with Gasteiger partial charge in [0, 0.05) is 0 Å². The van der Waals surface area contributed by atoms with Gasteiger partial charge in [0.1, 0.15) is 0 Å². The Hall–Kier alpha value is -1.17. The Morgan fingerprint density at radius 2 is 1.86 bits per heavy atom. The molecule has 8 heteroatoms. The van der Waals surface area contributed by atoms with E-state index in [1.165, 1.54) is 12.1 Å². The number of halogens is 3. The molecule has 0 saturated heterocycles. The highest BCUT2D eigenvalue weighted by atomic mass is 35.6. The maximum absolute atomic E-state index is 12.0. The normalized spacial score (nSPS) is 12.4. The van der Waals surface area contributed by atoms with E-state index in [0.717, 1.165) is 6.42 Å². The van der Waals surface area contributed by atoms with Gasteiger partial charge in [0.2, 0.25) is 10.0 Å². The van der Waals surface area contributed by atoms with Crippen LogP contribution in [0, 0.1) is 0 Å². The third-order valence-electron chi connectivity index (χ3n) is 2.51. The highest BCUT2D eigenvalue weighted by Crippen LogP contribution is 2.31. The molecule has 0 fully saturated rings. The van der Waals surface area contributed by atoms with Gasteiger partial charge in [-0.3, -0.25) is 5.32 Å². The Bertz CT molecular complexity index is 491. The van der Waals surface area contributed by atoms with Gasteiger partial charge in [-0.1, -0.05) is 66.3 Å². The second-order valence-electron chi connectivity index (χ2n) is 4.33. The van der Waals surface area contributed by atoms with Gasteiger partial charge in [-0.15, -0.1) is 0 Å². The van der Waals surface area contributed by atoms with Crippen LogP contribution in [0.1, 0.15) is 30.1 Å². The van der Waals surface area contributed by atoms with Crippen molar-refractivity contribution in [3.63, 3.8) is 0 Å². The number of nitrogens with one attached hydrogen (secondary N) is 1. The van der Waals surface area contributed by atoms with E-state index in [4.69, 9.17) is 44.3 Å². The number of hydrogen-bond donors (Lipinski definition) is 1. The summed E-state index contributed by atoms with van der Waals surface area (Å²) in [5, 5.41) is 2.22. The van der Waals surface area contributed by atoms with E-state index in [0.29, 0.717) is 6.42 Å². The van der Waals surface area contributed by atoms with Crippen molar-refractivity contribution < 1.29 is 19.1 Å². The van der Waals surface area contributed by atoms with E-state index >= 15 is 0 Å². The molecule has 0 spiro atoms. The molecule has 1 aromatic carbocycles. The first kappa shape index (κ1) is 18.9. The number of benzene rings is 1. The monoisotopic (exact) mass is 367 g/mol. The minimum atomic E-state index is -2.03. The number of esters is 1. The van der Waals surface area contributed by atoms with Gasteiger partial charge in [0.05, 0.1) is 12.2 Å². The lowest BCUT2D eigenvalue weighted by Crippen LogP contribution is -2.47. The molecule has 1 atom stereocenters. The molecule has 1 rings (SSSR count). The summed E-state index contributed by atoms with van der Waals surface area (Å²) < 4.78 is 7.88. The SMILES string of the molecule is CCCCOC(=O)NC(OC(=O)c1ccccc1)C(Cl)(Cl)Cl. The fraction of sp³-hybridized carbons (Fsp3) is 0.429. The molecular weight excluding hydrogens is 353 g/mol. The predicted octanol–water partition coefficient (Wildman–Crippen LogP) is 4.07. The van der Waals surface area contributed by atoms with Crippen molar-refractivity contribution >= 4 is 46.9 Å². The summed E-state index contributed by atoms with van der Waals surface area (Å²) in [6.45, 7) is 2.18. The molecule has 0 bridgehead atoms. The Kier molecular flexibility index (Phi) is 7.79. The van der Waals surface area contributed by atoms with Gasteiger partial charge in [-0.2, -0.15) is 0 Å². The first-order valence-electron chi connectivity index (χ1n) is 6.60. The van der Waals surface area contributed by atoms with Crippen LogP contribution in [-0.4, -0.2) is 28.7 Å². The lowest BCUT2D eigenvalue weighted by atomic mass is 10.2. The van der Waals surface area contributed by atoms with E-state index < -0.39 is 22.1 Å². The Morgan fingerprint density at radius 3 is 2.41 bits per heavy atom. The number of carbonyl (C=O) groups is 2. The molecule has 0 aliphatic heterocycles. The minimum absolute atomic E-state index is 0.224. The molecule has 5 nitrogen and oxygen atoms in total. The maximum Gasteiger partial charge on any atom is 0.410 e. The number of amides is 1. The van der Waals surface area contributed by atoms with Crippen LogP contribution in [0.15, 0.2) is 30.3 Å². The molecule has 0 saturated carbocycles. The predicted molar refractivity (Wildman–Crippen MR) is 85.3 cm³/mol. The maximum atomic E-state index is 12.0. The van der Waals surface area contributed by atoms with Crippen molar-refractivity contribution in [3.05, 3.63) is 35.9 Å². The van der Waals surface area contributed by atoms with Gasteiger partial charge in [-0.05, 0) is 18.6 Å². The molecule has 0 aliphatic carbocycles. The molecule has 1 aromatic rings. The van der Waals surface area contributed by atoms with E-state index in [1.54, 1.807) is 18.2 Å². The van der Waals surface area contributed by atoms with E-state index in [2.05, 4.69) is 5.32 Å². The average molecular weight is 369 g/mol. The van der Waals surface area contributed by atoms with Crippen LogP contribution in [0.3, 0.4) is 0 Å². The van der Waals surface area contributed by atoms with Gasteiger partial charge in [-0.25, -0.2) is 9.59 Å². The molecule has 1 unspecified atom stereocenters. The van der Waals surface area contributed by atoms with Crippen molar-refractivity contribution in [2.24, 2.45) is 0 Å². The number of alkyl halides is 3. The number of alkyl carbamates (subject to hydrolysis) is 1. The third-order valence-corrected chi connectivity index (χ3v) is 3.11. The van der Waals surface area contributed by atoms with Crippen molar-refractivity contribution in [2.75, 3.05) is 6.61 Å². The summed E-state index contributed by atoms with van der Waals surface area (Å²) in [4.78, 5) is 23.5. The highest BCUT2D eigenvalue weighted by molar-refractivity contribution is 6.68.